The Bertz CT molecular complexity index is 105. The van der Waals surface area contributed by atoms with Gasteiger partial charge in [-0.15, -0.1) is 0 Å². The van der Waals surface area contributed by atoms with Gasteiger partial charge >= 0.3 is 67.6 Å². The molecule has 1 aliphatic heterocycles. The Kier molecular flexibility index (Phi) is 3.07. The molecule has 0 aromatic carbocycles. The van der Waals surface area contributed by atoms with Gasteiger partial charge < -0.3 is 0 Å². The second-order valence-electron chi connectivity index (χ2n) is 2.69. The molecule has 1 saturated heterocycles. The molecule has 0 aromatic heterocycles. The van der Waals surface area contributed by atoms with Crippen molar-refractivity contribution < 1.29 is 19.4 Å². The van der Waals surface area contributed by atoms with Crippen LogP contribution in [0.25, 0.3) is 0 Å². The van der Waals surface area contributed by atoms with Gasteiger partial charge in [0.25, 0.3) is 0 Å². The summed E-state index contributed by atoms with van der Waals surface area (Å²) in [4.78, 5) is 2.54. The molecular formula is C7H13NW. The first kappa shape index (κ1) is 7.62. The minimum atomic E-state index is 1.26. The molecule has 0 amide bonds. The molecule has 0 spiro atoms. The van der Waals surface area contributed by atoms with E-state index in [0.29, 0.717) is 0 Å². The fourth-order valence-corrected chi connectivity index (χ4v) is 1.91. The van der Waals surface area contributed by atoms with Gasteiger partial charge in [-0.05, 0) is 0 Å². The van der Waals surface area contributed by atoms with Crippen molar-refractivity contribution in [3.8, 4) is 0 Å². The van der Waals surface area contributed by atoms with Gasteiger partial charge in [0.2, 0.25) is 0 Å². The van der Waals surface area contributed by atoms with E-state index in [1.807, 2.05) is 0 Å². The van der Waals surface area contributed by atoms with Crippen LogP contribution in [-0.4, -0.2) is 28.4 Å². The Balaban J connectivity index is 2.19. The molecule has 1 nitrogen and oxygen atoms in total. The van der Waals surface area contributed by atoms with Crippen LogP contribution in [0.3, 0.4) is 0 Å². The van der Waals surface area contributed by atoms with Crippen LogP contribution in [-0.2, 0) is 19.4 Å². The molecule has 0 atom stereocenters. The predicted octanol–water partition coefficient (Wildman–Crippen LogP) is 0.821. The van der Waals surface area contributed by atoms with E-state index in [9.17, 15) is 0 Å². The molecule has 2 heteroatoms. The normalized spacial score (nSPS) is 20.6. The monoisotopic (exact) mass is 295 g/mol. The van der Waals surface area contributed by atoms with Gasteiger partial charge in [-0.1, -0.05) is 0 Å². The number of rotatable bonds is 2. The zero-order chi connectivity index (χ0) is 6.69. The maximum absolute atomic E-state index is 2.54. The summed E-state index contributed by atoms with van der Waals surface area (Å²) in [7, 11) is 0. The first-order chi connectivity index (χ1) is 4.29. The average Bonchev–Trinajstić information content (AvgIpc) is 2.15. The van der Waals surface area contributed by atoms with Gasteiger partial charge in [0.1, 0.15) is 0 Å². The molecule has 0 aromatic rings. The third kappa shape index (κ3) is 2.73. The van der Waals surface area contributed by atoms with Crippen LogP contribution >= 0.6 is 0 Å². The standard InChI is InChI=1S/C7H13N.W/c1-2-5-8-6-3-4-7-8;/h3-7H2,1H3;. The summed E-state index contributed by atoms with van der Waals surface area (Å²) in [5.74, 6) is 0. The first-order valence-electron chi connectivity index (χ1n) is 3.51. The Morgan fingerprint density at radius 1 is 1.44 bits per heavy atom. The summed E-state index contributed by atoms with van der Waals surface area (Å²) in [6.07, 6.45) is 2.84. The fourth-order valence-electron chi connectivity index (χ4n) is 1.26. The number of hydrogen-bond acceptors (Lipinski definition) is 1. The molecule has 0 aliphatic carbocycles. The van der Waals surface area contributed by atoms with Crippen molar-refractivity contribution in [3.05, 3.63) is 0 Å². The van der Waals surface area contributed by atoms with E-state index in [1.165, 1.54) is 32.5 Å². The molecule has 1 aliphatic rings. The summed E-state index contributed by atoms with van der Waals surface area (Å²) in [5, 5.41) is 0. The Labute approximate surface area is 67.8 Å². The summed E-state index contributed by atoms with van der Waals surface area (Å²) in [6, 6.07) is 0. The van der Waals surface area contributed by atoms with E-state index in [1.54, 1.807) is 23.3 Å². The SMILES string of the molecule is C[C](=[W])CN1CCCC1. The van der Waals surface area contributed by atoms with Crippen molar-refractivity contribution in [2.45, 2.75) is 19.8 Å². The van der Waals surface area contributed by atoms with Crippen LogP contribution in [0, 0.1) is 0 Å². The van der Waals surface area contributed by atoms with E-state index >= 15 is 0 Å². The second kappa shape index (κ2) is 3.63. The van der Waals surface area contributed by atoms with Gasteiger partial charge in [0, 0.05) is 0 Å². The number of hydrogen-bond donors (Lipinski definition) is 0. The molecule has 0 saturated carbocycles. The Hall–Kier alpha value is 0.518. The van der Waals surface area contributed by atoms with Crippen LogP contribution in [0.15, 0.2) is 0 Å². The molecule has 52 valence electrons. The quantitative estimate of drug-likeness (QED) is 0.729. The first-order valence-corrected chi connectivity index (χ1v) is 4.97. The second-order valence-corrected chi connectivity index (χ2v) is 5.19. The predicted molar refractivity (Wildman–Crippen MR) is 36.4 cm³/mol. The van der Waals surface area contributed by atoms with E-state index in [0.717, 1.165) is 0 Å². The molecular weight excluding hydrogens is 282 g/mol. The molecule has 1 rings (SSSR count). The van der Waals surface area contributed by atoms with Crippen molar-refractivity contribution in [1.82, 2.24) is 4.90 Å². The van der Waals surface area contributed by atoms with Gasteiger partial charge in [-0.2, -0.15) is 0 Å². The van der Waals surface area contributed by atoms with Crippen molar-refractivity contribution in [2.75, 3.05) is 19.6 Å². The molecule has 0 unspecified atom stereocenters. The Morgan fingerprint density at radius 3 is 2.44 bits per heavy atom. The van der Waals surface area contributed by atoms with Crippen LogP contribution in [0.5, 0.6) is 0 Å². The minimum absolute atomic E-state index is 1.26. The molecule has 9 heavy (non-hydrogen) atoms. The van der Waals surface area contributed by atoms with Gasteiger partial charge in [0.05, 0.1) is 0 Å². The fraction of sp³-hybridized carbons (Fsp3) is 0.857. The van der Waals surface area contributed by atoms with E-state index in [-0.39, 0.29) is 0 Å². The van der Waals surface area contributed by atoms with Crippen LogP contribution < -0.4 is 0 Å². The molecule has 0 bridgehead atoms. The summed E-state index contributed by atoms with van der Waals surface area (Å²) >= 11 is 1.65. The van der Waals surface area contributed by atoms with Crippen molar-refractivity contribution in [1.29, 1.82) is 0 Å². The van der Waals surface area contributed by atoms with E-state index in [4.69, 9.17) is 0 Å². The third-order valence-corrected chi connectivity index (χ3v) is 2.11. The third-order valence-electron chi connectivity index (χ3n) is 1.64. The zero-order valence-corrected chi connectivity index (χ0v) is 8.82. The van der Waals surface area contributed by atoms with Gasteiger partial charge in [-0.3, -0.25) is 0 Å². The summed E-state index contributed by atoms with van der Waals surface area (Å²) < 4.78 is 1.62. The average molecular weight is 295 g/mol. The van der Waals surface area contributed by atoms with Crippen LogP contribution in [0.1, 0.15) is 19.8 Å². The molecule has 1 fully saturated rings. The van der Waals surface area contributed by atoms with E-state index < -0.39 is 0 Å². The van der Waals surface area contributed by atoms with Gasteiger partial charge in [0.15, 0.2) is 0 Å². The maximum atomic E-state index is 2.54. The number of likely N-dealkylation sites (tertiary alicyclic amines) is 1. The van der Waals surface area contributed by atoms with Crippen molar-refractivity contribution in [2.24, 2.45) is 0 Å². The van der Waals surface area contributed by atoms with Crippen molar-refractivity contribution in [3.63, 3.8) is 0 Å². The van der Waals surface area contributed by atoms with Crippen molar-refractivity contribution >= 4 is 3.90 Å². The number of nitrogens with zero attached hydrogens (tertiary/aromatic N) is 1. The zero-order valence-electron chi connectivity index (χ0n) is 5.89. The molecule has 0 radical (unpaired) electrons. The summed E-state index contributed by atoms with van der Waals surface area (Å²) in [5.41, 5.74) is 0. The van der Waals surface area contributed by atoms with Gasteiger partial charge in [-0.25, -0.2) is 0 Å². The topological polar surface area (TPSA) is 3.24 Å². The molecule has 0 N–H and O–H groups in total. The molecule has 1 heterocycles. The van der Waals surface area contributed by atoms with E-state index in [2.05, 4.69) is 11.8 Å². The van der Waals surface area contributed by atoms with Crippen LogP contribution in [0.2, 0.25) is 0 Å². The Morgan fingerprint density at radius 2 is 2.00 bits per heavy atom. The van der Waals surface area contributed by atoms with Crippen LogP contribution in [0.4, 0.5) is 0 Å². The summed E-state index contributed by atoms with van der Waals surface area (Å²) in [6.45, 7) is 6.18.